The summed E-state index contributed by atoms with van der Waals surface area (Å²) < 4.78 is 6.23. The molecule has 5 nitrogen and oxygen atoms in total. The number of hydrogen-bond acceptors (Lipinski definition) is 5. The number of hydrogen-bond donors (Lipinski definition) is 1. The summed E-state index contributed by atoms with van der Waals surface area (Å²) in [4.78, 5) is 13.7. The Morgan fingerprint density at radius 1 is 1.03 bits per heavy atom. The Kier molecular flexibility index (Phi) is 5.11. The van der Waals surface area contributed by atoms with E-state index in [-0.39, 0.29) is 41.5 Å². The smallest absolute Gasteiger partial charge is 0.173 e. The van der Waals surface area contributed by atoms with Crippen LogP contribution in [-0.2, 0) is 22.4 Å². The molecule has 0 spiro atoms. The summed E-state index contributed by atoms with van der Waals surface area (Å²) in [6, 6.07) is 13.7. The summed E-state index contributed by atoms with van der Waals surface area (Å²) in [6.07, 6.45) is 1.68. The Hall–Kier alpha value is -3.41. The highest BCUT2D eigenvalue weighted by molar-refractivity contribution is 6.26. The lowest BCUT2D eigenvalue weighted by molar-refractivity contribution is -0.118. The average molecular weight is 439 g/mol. The predicted octanol–water partition coefficient (Wildman–Crippen LogP) is 4.90. The van der Waals surface area contributed by atoms with Crippen molar-refractivity contribution in [3.8, 4) is 12.1 Å². The molecular formula is C28H26N2O3. The molecule has 0 radical (unpaired) electrons. The van der Waals surface area contributed by atoms with E-state index in [1.165, 1.54) is 0 Å². The van der Waals surface area contributed by atoms with Crippen molar-refractivity contribution in [1.29, 1.82) is 10.5 Å². The standard InChI is InChI=1S/C28H26N2O3/c1-4-15-8-14(3)9-16(5-2)22(15)24-26(31)23-21-11-20(28(33-21)25(23)27(24)32)17-6-7-18(12-29)19(10-17)13-30/h6-10,20-21,23,25,28,32H,4-5,11H2,1-3H3/t20?,21-,23-,25+,28+/m0/s1. The van der Waals surface area contributed by atoms with E-state index in [2.05, 4.69) is 45.0 Å². The normalized spacial score (nSPS) is 27.5. The zero-order valence-corrected chi connectivity index (χ0v) is 19.1. The maximum Gasteiger partial charge on any atom is 0.173 e. The zero-order valence-electron chi connectivity index (χ0n) is 19.1. The van der Waals surface area contributed by atoms with E-state index in [4.69, 9.17) is 4.74 Å². The van der Waals surface area contributed by atoms with E-state index in [1.54, 1.807) is 12.1 Å². The van der Waals surface area contributed by atoms with Crippen LogP contribution in [0.2, 0.25) is 0 Å². The molecule has 3 aliphatic rings. The Morgan fingerprint density at radius 3 is 2.30 bits per heavy atom. The summed E-state index contributed by atoms with van der Waals surface area (Å²) >= 11 is 0. The Morgan fingerprint density at radius 2 is 1.70 bits per heavy atom. The van der Waals surface area contributed by atoms with Crippen LogP contribution in [0.5, 0.6) is 0 Å². The van der Waals surface area contributed by atoms with Crippen molar-refractivity contribution in [2.45, 2.75) is 58.2 Å². The van der Waals surface area contributed by atoms with E-state index >= 15 is 0 Å². The third kappa shape index (κ3) is 3.04. The summed E-state index contributed by atoms with van der Waals surface area (Å²) in [5, 5.41) is 30.1. The lowest BCUT2D eigenvalue weighted by Gasteiger charge is -2.28. The number of ether oxygens (including phenoxy) is 1. The highest BCUT2D eigenvalue weighted by Crippen LogP contribution is 2.58. The van der Waals surface area contributed by atoms with E-state index < -0.39 is 0 Å². The van der Waals surface area contributed by atoms with Crippen LogP contribution in [-0.4, -0.2) is 23.1 Å². The number of carbonyl (C=O) groups excluding carboxylic acids is 1. The first kappa shape index (κ1) is 21.4. The quantitative estimate of drug-likeness (QED) is 0.732. The molecule has 0 aromatic heterocycles. The van der Waals surface area contributed by atoms with Crippen molar-refractivity contribution < 1.29 is 14.6 Å². The number of benzene rings is 2. The second-order valence-electron chi connectivity index (χ2n) is 9.35. The topological polar surface area (TPSA) is 94.1 Å². The van der Waals surface area contributed by atoms with Crippen LogP contribution in [0.4, 0.5) is 0 Å². The number of allylic oxidation sites excluding steroid dienone is 1. The Labute approximate surface area is 193 Å². The van der Waals surface area contributed by atoms with E-state index in [0.717, 1.165) is 40.7 Å². The molecule has 5 atom stereocenters. The lowest BCUT2D eigenvalue weighted by Crippen LogP contribution is -2.33. The van der Waals surface area contributed by atoms with Crippen LogP contribution in [0.25, 0.3) is 5.57 Å². The highest BCUT2D eigenvalue weighted by atomic mass is 16.5. The van der Waals surface area contributed by atoms with Crippen molar-refractivity contribution in [3.05, 3.63) is 75.0 Å². The minimum atomic E-state index is -0.367. The molecule has 1 unspecified atom stereocenters. The fourth-order valence-corrected chi connectivity index (χ4v) is 6.24. The molecule has 5 heteroatoms. The van der Waals surface area contributed by atoms with Gasteiger partial charge in [-0.1, -0.05) is 37.6 Å². The number of nitrogens with zero attached hydrogens (tertiary/aromatic N) is 2. The summed E-state index contributed by atoms with van der Waals surface area (Å²) in [6.45, 7) is 6.22. The number of ketones is 1. The third-order valence-corrected chi connectivity index (χ3v) is 7.65. The number of fused-ring (bicyclic) bond motifs is 5. The molecule has 5 rings (SSSR count). The van der Waals surface area contributed by atoms with E-state index in [9.17, 15) is 20.4 Å². The van der Waals surface area contributed by atoms with Gasteiger partial charge in [0.15, 0.2) is 5.78 Å². The SMILES string of the molecule is CCc1cc(C)cc(CC)c1C1=C(O)[C@H]2[C@@H](C1=O)[C@@H]1CC(c3ccc(C#N)c(C#N)c3)[C@H]2O1. The summed E-state index contributed by atoms with van der Waals surface area (Å²) in [5.41, 5.74) is 6.35. The Bertz CT molecular complexity index is 1270. The predicted molar refractivity (Wildman–Crippen MR) is 123 cm³/mol. The van der Waals surface area contributed by atoms with Crippen molar-refractivity contribution in [1.82, 2.24) is 0 Å². The Balaban J connectivity index is 1.58. The molecule has 2 aromatic carbocycles. The van der Waals surface area contributed by atoms with Crippen molar-refractivity contribution in [3.63, 3.8) is 0 Å². The van der Waals surface area contributed by atoms with Gasteiger partial charge in [-0.25, -0.2) is 0 Å². The molecule has 2 bridgehead atoms. The minimum absolute atomic E-state index is 0.00533. The van der Waals surface area contributed by atoms with Gasteiger partial charge in [0.05, 0.1) is 40.7 Å². The molecule has 2 aromatic rings. The van der Waals surface area contributed by atoms with Gasteiger partial charge in [0.25, 0.3) is 0 Å². The fourth-order valence-electron chi connectivity index (χ4n) is 6.24. The first-order valence-electron chi connectivity index (χ1n) is 11.6. The maximum atomic E-state index is 13.7. The van der Waals surface area contributed by atoms with Crippen molar-refractivity contribution in [2.75, 3.05) is 0 Å². The largest absolute Gasteiger partial charge is 0.511 e. The van der Waals surface area contributed by atoms with Gasteiger partial charge in [0, 0.05) is 5.92 Å². The third-order valence-electron chi connectivity index (χ3n) is 7.65. The van der Waals surface area contributed by atoms with Crippen LogP contribution >= 0.6 is 0 Å². The van der Waals surface area contributed by atoms with Gasteiger partial charge in [-0.2, -0.15) is 10.5 Å². The highest BCUT2D eigenvalue weighted by Gasteiger charge is 2.62. The average Bonchev–Trinajstić information content (AvgIpc) is 3.49. The fraction of sp³-hybridized carbons (Fsp3) is 0.393. The molecule has 0 amide bonds. The molecule has 1 N–H and O–H groups in total. The van der Waals surface area contributed by atoms with E-state index in [0.29, 0.717) is 23.1 Å². The van der Waals surface area contributed by atoms with Gasteiger partial charge in [0.1, 0.15) is 17.9 Å². The number of rotatable bonds is 4. The lowest BCUT2D eigenvalue weighted by atomic mass is 9.72. The number of Topliss-reactive ketones (excluding diaryl/α,β-unsaturated/α-hetero) is 1. The molecule has 33 heavy (non-hydrogen) atoms. The van der Waals surface area contributed by atoms with Gasteiger partial charge in [-0.3, -0.25) is 4.79 Å². The molecule has 2 heterocycles. The van der Waals surface area contributed by atoms with Gasteiger partial charge < -0.3 is 9.84 Å². The van der Waals surface area contributed by atoms with Gasteiger partial charge in [0.2, 0.25) is 0 Å². The molecular weight excluding hydrogens is 412 g/mol. The number of nitriles is 2. The first-order valence-corrected chi connectivity index (χ1v) is 11.6. The number of aryl methyl sites for hydroxylation is 3. The monoisotopic (exact) mass is 438 g/mol. The number of aliphatic hydroxyl groups is 1. The van der Waals surface area contributed by atoms with Crippen LogP contribution in [0.15, 0.2) is 36.1 Å². The van der Waals surface area contributed by atoms with Crippen molar-refractivity contribution in [2.24, 2.45) is 11.8 Å². The van der Waals surface area contributed by atoms with Crippen LogP contribution in [0.3, 0.4) is 0 Å². The second-order valence-corrected chi connectivity index (χ2v) is 9.35. The molecule has 2 saturated heterocycles. The van der Waals surface area contributed by atoms with Gasteiger partial charge >= 0.3 is 0 Å². The summed E-state index contributed by atoms with van der Waals surface area (Å²) in [7, 11) is 0. The van der Waals surface area contributed by atoms with Crippen LogP contribution in [0.1, 0.15) is 65.1 Å². The minimum Gasteiger partial charge on any atom is -0.511 e. The molecule has 2 aliphatic heterocycles. The number of aliphatic hydroxyl groups excluding tert-OH is 1. The van der Waals surface area contributed by atoms with Gasteiger partial charge in [-0.05, 0) is 60.6 Å². The molecule has 166 valence electrons. The number of carbonyl (C=O) groups is 1. The van der Waals surface area contributed by atoms with Crippen LogP contribution in [0, 0.1) is 41.4 Å². The second kappa shape index (κ2) is 7.87. The van der Waals surface area contributed by atoms with Crippen molar-refractivity contribution >= 4 is 11.4 Å². The zero-order chi connectivity index (χ0) is 23.4. The van der Waals surface area contributed by atoms with Crippen LogP contribution < -0.4 is 0 Å². The molecule has 0 saturated carbocycles. The van der Waals surface area contributed by atoms with Gasteiger partial charge in [-0.15, -0.1) is 0 Å². The molecule has 2 fully saturated rings. The first-order chi connectivity index (χ1) is 15.9. The van der Waals surface area contributed by atoms with E-state index in [1.807, 2.05) is 6.07 Å². The summed E-state index contributed by atoms with van der Waals surface area (Å²) in [5.74, 6) is -0.600. The maximum absolute atomic E-state index is 13.7. The molecule has 1 aliphatic carbocycles.